The van der Waals surface area contributed by atoms with Crippen LogP contribution in [0.5, 0.6) is 11.5 Å². The minimum absolute atomic E-state index is 0.102. The highest BCUT2D eigenvalue weighted by molar-refractivity contribution is 5.81. The summed E-state index contributed by atoms with van der Waals surface area (Å²) in [4.78, 5) is 11.9. The monoisotopic (exact) mass is 292 g/mol. The third kappa shape index (κ3) is 4.36. The van der Waals surface area contributed by atoms with E-state index < -0.39 is 0 Å². The van der Waals surface area contributed by atoms with Gasteiger partial charge in [0.05, 0.1) is 19.8 Å². The van der Waals surface area contributed by atoms with Crippen LogP contribution in [0, 0.1) is 0 Å². The first kappa shape index (κ1) is 15.6. The molecule has 0 aliphatic carbocycles. The van der Waals surface area contributed by atoms with Crippen molar-refractivity contribution in [1.82, 2.24) is 10.6 Å². The minimum Gasteiger partial charge on any atom is -0.493 e. The Kier molecular flexibility index (Phi) is 5.87. The third-order valence-electron chi connectivity index (χ3n) is 3.62. The van der Waals surface area contributed by atoms with E-state index in [1.807, 2.05) is 25.1 Å². The van der Waals surface area contributed by atoms with Crippen LogP contribution in [-0.2, 0) is 11.3 Å². The smallest absolute Gasteiger partial charge is 0.237 e. The fourth-order valence-electron chi connectivity index (χ4n) is 2.47. The molecule has 1 aromatic carbocycles. The number of nitrogens with one attached hydrogen (secondary N) is 2. The Morgan fingerprint density at radius 1 is 1.33 bits per heavy atom. The summed E-state index contributed by atoms with van der Waals surface area (Å²) in [5.41, 5.74) is 1.08. The molecule has 1 aliphatic heterocycles. The van der Waals surface area contributed by atoms with Crippen molar-refractivity contribution >= 4 is 5.91 Å². The topological polar surface area (TPSA) is 59.6 Å². The summed E-state index contributed by atoms with van der Waals surface area (Å²) >= 11 is 0. The Labute approximate surface area is 126 Å². The fraction of sp³-hybridized carbons (Fsp3) is 0.562. The highest BCUT2D eigenvalue weighted by Crippen LogP contribution is 2.28. The van der Waals surface area contributed by atoms with Crippen LogP contribution in [-0.4, -0.2) is 32.2 Å². The number of methoxy groups -OCH3 is 1. The number of ether oxygens (including phenoxy) is 2. The van der Waals surface area contributed by atoms with Crippen LogP contribution < -0.4 is 20.1 Å². The highest BCUT2D eigenvalue weighted by atomic mass is 16.5. The Morgan fingerprint density at radius 2 is 2.19 bits per heavy atom. The van der Waals surface area contributed by atoms with E-state index in [9.17, 15) is 4.79 Å². The van der Waals surface area contributed by atoms with Crippen LogP contribution in [0.25, 0.3) is 0 Å². The number of hydrogen-bond donors (Lipinski definition) is 2. The van der Waals surface area contributed by atoms with E-state index >= 15 is 0 Å². The van der Waals surface area contributed by atoms with E-state index in [1.165, 1.54) is 0 Å². The van der Waals surface area contributed by atoms with Crippen LogP contribution in [0.2, 0.25) is 0 Å². The highest BCUT2D eigenvalue weighted by Gasteiger charge is 2.19. The van der Waals surface area contributed by atoms with Gasteiger partial charge in [-0.05, 0) is 43.9 Å². The predicted molar refractivity (Wildman–Crippen MR) is 81.7 cm³/mol. The lowest BCUT2D eigenvalue weighted by atomic mass is 10.1. The maximum atomic E-state index is 11.9. The summed E-state index contributed by atoms with van der Waals surface area (Å²) in [7, 11) is 1.63. The Bertz CT molecular complexity index is 477. The zero-order chi connectivity index (χ0) is 15.1. The SMILES string of the molecule is CCOc1ccc(CNC2CCCCNC2=O)cc1OC. The summed E-state index contributed by atoms with van der Waals surface area (Å²) < 4.78 is 10.8. The summed E-state index contributed by atoms with van der Waals surface area (Å²) in [5, 5.41) is 6.26. The molecule has 2 rings (SSSR count). The first-order chi connectivity index (χ1) is 10.2. The van der Waals surface area contributed by atoms with Crippen molar-refractivity contribution in [3.63, 3.8) is 0 Å². The molecule has 1 fully saturated rings. The van der Waals surface area contributed by atoms with Crippen LogP contribution in [0.4, 0.5) is 0 Å². The number of carbonyl (C=O) groups is 1. The molecule has 1 heterocycles. The Balaban J connectivity index is 1.97. The van der Waals surface area contributed by atoms with Gasteiger partial charge < -0.3 is 20.1 Å². The fourth-order valence-corrected chi connectivity index (χ4v) is 2.47. The average molecular weight is 292 g/mol. The molecule has 1 aliphatic rings. The van der Waals surface area contributed by atoms with Gasteiger partial charge in [0.1, 0.15) is 0 Å². The molecule has 1 saturated heterocycles. The summed E-state index contributed by atoms with van der Waals surface area (Å²) in [6.45, 7) is 3.98. The van der Waals surface area contributed by atoms with Crippen molar-refractivity contribution in [2.45, 2.75) is 38.8 Å². The number of amides is 1. The van der Waals surface area contributed by atoms with Crippen LogP contribution >= 0.6 is 0 Å². The second kappa shape index (κ2) is 7.88. The molecule has 0 bridgehead atoms. The van der Waals surface area contributed by atoms with Crippen LogP contribution in [0.3, 0.4) is 0 Å². The zero-order valence-electron chi connectivity index (χ0n) is 12.8. The lowest BCUT2D eigenvalue weighted by Crippen LogP contribution is -2.42. The lowest BCUT2D eigenvalue weighted by Gasteiger charge is -2.16. The minimum atomic E-state index is -0.106. The molecule has 0 saturated carbocycles. The van der Waals surface area contributed by atoms with E-state index in [2.05, 4.69) is 10.6 Å². The molecule has 5 nitrogen and oxygen atoms in total. The van der Waals surface area contributed by atoms with E-state index in [0.29, 0.717) is 13.2 Å². The van der Waals surface area contributed by atoms with Gasteiger partial charge >= 0.3 is 0 Å². The normalized spacial score (nSPS) is 18.8. The van der Waals surface area contributed by atoms with Gasteiger partial charge in [-0.15, -0.1) is 0 Å². The number of carbonyl (C=O) groups excluding carboxylic acids is 1. The molecular formula is C16H24N2O3. The summed E-state index contributed by atoms with van der Waals surface area (Å²) in [6, 6.07) is 5.75. The number of benzene rings is 1. The molecular weight excluding hydrogens is 268 g/mol. The van der Waals surface area contributed by atoms with Gasteiger partial charge in [-0.25, -0.2) is 0 Å². The van der Waals surface area contributed by atoms with E-state index in [0.717, 1.165) is 42.9 Å². The molecule has 0 spiro atoms. The number of rotatable bonds is 6. The molecule has 21 heavy (non-hydrogen) atoms. The predicted octanol–water partition coefficient (Wildman–Crippen LogP) is 1.85. The molecule has 1 atom stereocenters. The molecule has 1 aromatic rings. The second-order valence-corrected chi connectivity index (χ2v) is 5.14. The Morgan fingerprint density at radius 3 is 2.95 bits per heavy atom. The quantitative estimate of drug-likeness (QED) is 0.840. The van der Waals surface area contributed by atoms with Gasteiger partial charge in [-0.3, -0.25) is 4.79 Å². The summed E-state index contributed by atoms with van der Waals surface area (Å²) in [6.07, 6.45) is 3.02. The summed E-state index contributed by atoms with van der Waals surface area (Å²) in [5.74, 6) is 1.57. The maximum Gasteiger partial charge on any atom is 0.237 e. The average Bonchev–Trinajstić information content (AvgIpc) is 2.71. The van der Waals surface area contributed by atoms with Crippen molar-refractivity contribution in [3.8, 4) is 11.5 Å². The largest absolute Gasteiger partial charge is 0.493 e. The van der Waals surface area contributed by atoms with Gasteiger partial charge in [0.2, 0.25) is 5.91 Å². The molecule has 0 aromatic heterocycles. The van der Waals surface area contributed by atoms with Gasteiger partial charge in [-0.2, -0.15) is 0 Å². The van der Waals surface area contributed by atoms with Crippen LogP contribution in [0.15, 0.2) is 18.2 Å². The first-order valence-electron chi connectivity index (χ1n) is 7.55. The lowest BCUT2D eigenvalue weighted by molar-refractivity contribution is -0.122. The van der Waals surface area contributed by atoms with Crippen molar-refractivity contribution < 1.29 is 14.3 Å². The van der Waals surface area contributed by atoms with E-state index in [-0.39, 0.29) is 11.9 Å². The van der Waals surface area contributed by atoms with Crippen molar-refractivity contribution in [1.29, 1.82) is 0 Å². The van der Waals surface area contributed by atoms with Crippen molar-refractivity contribution in [3.05, 3.63) is 23.8 Å². The molecule has 116 valence electrons. The van der Waals surface area contributed by atoms with Gasteiger partial charge in [0.15, 0.2) is 11.5 Å². The van der Waals surface area contributed by atoms with Gasteiger partial charge in [-0.1, -0.05) is 6.07 Å². The molecule has 5 heteroatoms. The maximum absolute atomic E-state index is 11.9. The standard InChI is InChI=1S/C16H24N2O3/c1-3-21-14-8-7-12(10-15(14)20-2)11-18-13-6-4-5-9-17-16(13)19/h7-8,10,13,18H,3-6,9,11H2,1-2H3,(H,17,19). The molecule has 2 N–H and O–H groups in total. The van der Waals surface area contributed by atoms with Gasteiger partial charge in [0.25, 0.3) is 0 Å². The Hall–Kier alpha value is -1.75. The molecule has 1 unspecified atom stereocenters. The van der Waals surface area contributed by atoms with Crippen LogP contribution in [0.1, 0.15) is 31.7 Å². The number of hydrogen-bond acceptors (Lipinski definition) is 4. The van der Waals surface area contributed by atoms with Gasteiger partial charge in [0, 0.05) is 13.1 Å². The third-order valence-corrected chi connectivity index (χ3v) is 3.62. The van der Waals surface area contributed by atoms with E-state index in [4.69, 9.17) is 9.47 Å². The molecule has 0 radical (unpaired) electrons. The van der Waals surface area contributed by atoms with Crippen molar-refractivity contribution in [2.75, 3.05) is 20.3 Å². The molecule has 1 amide bonds. The zero-order valence-corrected chi connectivity index (χ0v) is 12.8. The van der Waals surface area contributed by atoms with E-state index in [1.54, 1.807) is 7.11 Å². The first-order valence-corrected chi connectivity index (χ1v) is 7.55. The van der Waals surface area contributed by atoms with Crippen molar-refractivity contribution in [2.24, 2.45) is 0 Å². The second-order valence-electron chi connectivity index (χ2n) is 5.14.